The zero-order valence-electron chi connectivity index (χ0n) is 9.56. The van der Waals surface area contributed by atoms with Gasteiger partial charge in [-0.25, -0.2) is 0 Å². The van der Waals surface area contributed by atoms with Crippen LogP contribution in [0.15, 0.2) is 18.2 Å². The van der Waals surface area contributed by atoms with Gasteiger partial charge in [0.05, 0.1) is 20.8 Å². The maximum Gasteiger partial charge on any atom is 0.130 e. The van der Waals surface area contributed by atoms with Gasteiger partial charge in [0.2, 0.25) is 0 Å². The predicted molar refractivity (Wildman–Crippen MR) is 63.0 cm³/mol. The molecule has 0 aromatic heterocycles. The Hall–Kier alpha value is -1.48. The molecule has 1 N–H and O–H groups in total. The lowest BCUT2D eigenvalue weighted by molar-refractivity contribution is 0.264. The Morgan fingerprint density at radius 1 is 1.31 bits per heavy atom. The van der Waals surface area contributed by atoms with Gasteiger partial charge in [-0.3, -0.25) is 0 Å². The molecule has 2 rings (SSSR count). The summed E-state index contributed by atoms with van der Waals surface area (Å²) in [5.74, 6) is 1.71. The van der Waals surface area contributed by atoms with Crippen LogP contribution in [0.25, 0.3) is 6.08 Å². The fourth-order valence-electron chi connectivity index (χ4n) is 2.07. The van der Waals surface area contributed by atoms with Crippen molar-refractivity contribution >= 4 is 6.08 Å². The van der Waals surface area contributed by atoms with E-state index in [0.717, 1.165) is 29.0 Å². The molecule has 0 saturated heterocycles. The number of fused-ring (bicyclic) bond motifs is 1. The number of rotatable bonds is 3. The first-order valence-corrected chi connectivity index (χ1v) is 5.33. The van der Waals surface area contributed by atoms with Crippen LogP contribution < -0.4 is 9.47 Å². The van der Waals surface area contributed by atoms with Gasteiger partial charge in [0.15, 0.2) is 0 Å². The third kappa shape index (κ3) is 1.78. The van der Waals surface area contributed by atoms with Gasteiger partial charge in [-0.1, -0.05) is 12.2 Å². The van der Waals surface area contributed by atoms with Gasteiger partial charge in [0.1, 0.15) is 11.5 Å². The number of aliphatic hydroxyl groups excluding tert-OH is 1. The van der Waals surface area contributed by atoms with Crippen LogP contribution in [0.3, 0.4) is 0 Å². The lowest BCUT2D eigenvalue weighted by Gasteiger charge is -2.22. The summed E-state index contributed by atoms with van der Waals surface area (Å²) in [5.41, 5.74) is 2.15. The summed E-state index contributed by atoms with van der Waals surface area (Å²) in [6, 6.07) is 3.84. The van der Waals surface area contributed by atoms with Crippen molar-refractivity contribution in [1.29, 1.82) is 0 Å². The first kappa shape index (κ1) is 11.0. The van der Waals surface area contributed by atoms with Crippen LogP contribution in [0.2, 0.25) is 0 Å². The Morgan fingerprint density at radius 3 is 2.75 bits per heavy atom. The Balaban J connectivity index is 2.55. The summed E-state index contributed by atoms with van der Waals surface area (Å²) in [4.78, 5) is 0. The molecule has 0 amide bonds. The van der Waals surface area contributed by atoms with Crippen molar-refractivity contribution in [2.45, 2.75) is 12.3 Å². The van der Waals surface area contributed by atoms with Crippen molar-refractivity contribution in [2.75, 3.05) is 20.8 Å². The minimum absolute atomic E-state index is 0.143. The second-order valence-corrected chi connectivity index (χ2v) is 3.85. The van der Waals surface area contributed by atoms with E-state index in [9.17, 15) is 5.11 Å². The van der Waals surface area contributed by atoms with E-state index in [2.05, 4.69) is 6.08 Å². The highest BCUT2D eigenvalue weighted by Crippen LogP contribution is 2.38. The summed E-state index contributed by atoms with van der Waals surface area (Å²) in [6.45, 7) is 0.146. The van der Waals surface area contributed by atoms with Gasteiger partial charge in [-0.05, 0) is 18.1 Å². The number of ether oxygens (including phenoxy) is 2. The maximum absolute atomic E-state index is 9.35. The monoisotopic (exact) mass is 220 g/mol. The predicted octanol–water partition coefficient (Wildman–Crippen LogP) is 2.20. The van der Waals surface area contributed by atoms with E-state index < -0.39 is 0 Å². The molecule has 3 nitrogen and oxygen atoms in total. The third-order valence-corrected chi connectivity index (χ3v) is 2.97. The van der Waals surface area contributed by atoms with Gasteiger partial charge in [0, 0.05) is 17.5 Å². The summed E-state index contributed by atoms with van der Waals surface area (Å²) in [6.07, 6.45) is 4.97. The molecule has 1 aliphatic rings. The standard InChI is InChI=1S/C13H16O3/c1-15-10-6-12-9(8-14)4-3-5-11(12)13(7-10)16-2/h3,5-7,9,14H,4,8H2,1-2H3/t9-/m1/s1. The molecule has 0 spiro atoms. The molecule has 1 atom stereocenters. The van der Waals surface area contributed by atoms with E-state index in [4.69, 9.17) is 9.47 Å². The van der Waals surface area contributed by atoms with Gasteiger partial charge in [0.25, 0.3) is 0 Å². The van der Waals surface area contributed by atoms with Crippen molar-refractivity contribution in [3.63, 3.8) is 0 Å². The zero-order chi connectivity index (χ0) is 11.5. The van der Waals surface area contributed by atoms with E-state index in [1.807, 2.05) is 18.2 Å². The number of aliphatic hydroxyl groups is 1. The van der Waals surface area contributed by atoms with E-state index in [0.29, 0.717) is 0 Å². The molecule has 1 aromatic rings. The topological polar surface area (TPSA) is 38.7 Å². The lowest BCUT2D eigenvalue weighted by atomic mass is 9.87. The fraction of sp³-hybridized carbons (Fsp3) is 0.385. The fourth-order valence-corrected chi connectivity index (χ4v) is 2.07. The first-order valence-electron chi connectivity index (χ1n) is 5.33. The summed E-state index contributed by atoms with van der Waals surface area (Å²) in [7, 11) is 3.28. The Kier molecular flexibility index (Phi) is 3.15. The first-order chi connectivity index (χ1) is 7.80. The highest BCUT2D eigenvalue weighted by atomic mass is 16.5. The molecule has 86 valence electrons. The van der Waals surface area contributed by atoms with Crippen LogP contribution in [-0.2, 0) is 0 Å². The van der Waals surface area contributed by atoms with Crippen molar-refractivity contribution < 1.29 is 14.6 Å². The van der Waals surface area contributed by atoms with Gasteiger partial charge in [-0.15, -0.1) is 0 Å². The second kappa shape index (κ2) is 4.58. The van der Waals surface area contributed by atoms with Crippen LogP contribution in [0.1, 0.15) is 23.5 Å². The Bertz CT molecular complexity index is 410. The maximum atomic E-state index is 9.35. The number of methoxy groups -OCH3 is 2. The molecule has 0 saturated carbocycles. The van der Waals surface area contributed by atoms with Crippen molar-refractivity contribution in [3.8, 4) is 11.5 Å². The summed E-state index contributed by atoms with van der Waals surface area (Å²) in [5, 5.41) is 9.35. The molecule has 1 aromatic carbocycles. The average molecular weight is 220 g/mol. The third-order valence-electron chi connectivity index (χ3n) is 2.97. The summed E-state index contributed by atoms with van der Waals surface area (Å²) < 4.78 is 10.6. The van der Waals surface area contributed by atoms with E-state index in [-0.39, 0.29) is 12.5 Å². The van der Waals surface area contributed by atoms with Crippen molar-refractivity contribution in [1.82, 2.24) is 0 Å². The van der Waals surface area contributed by atoms with Crippen LogP contribution in [0, 0.1) is 0 Å². The minimum atomic E-state index is 0.143. The van der Waals surface area contributed by atoms with Crippen LogP contribution in [0.4, 0.5) is 0 Å². The molecular formula is C13H16O3. The molecular weight excluding hydrogens is 204 g/mol. The number of hydrogen-bond acceptors (Lipinski definition) is 3. The largest absolute Gasteiger partial charge is 0.497 e. The minimum Gasteiger partial charge on any atom is -0.497 e. The second-order valence-electron chi connectivity index (χ2n) is 3.85. The average Bonchev–Trinajstić information content (AvgIpc) is 2.36. The normalized spacial score (nSPS) is 18.1. The highest BCUT2D eigenvalue weighted by molar-refractivity contribution is 5.66. The molecule has 0 aliphatic heterocycles. The Morgan fingerprint density at radius 2 is 2.12 bits per heavy atom. The number of benzene rings is 1. The van der Waals surface area contributed by atoms with E-state index in [1.165, 1.54) is 0 Å². The Labute approximate surface area is 95.3 Å². The van der Waals surface area contributed by atoms with Crippen molar-refractivity contribution in [3.05, 3.63) is 29.3 Å². The van der Waals surface area contributed by atoms with Gasteiger partial charge < -0.3 is 14.6 Å². The van der Waals surface area contributed by atoms with Crippen LogP contribution >= 0.6 is 0 Å². The molecule has 0 bridgehead atoms. The van der Waals surface area contributed by atoms with Gasteiger partial charge >= 0.3 is 0 Å². The smallest absolute Gasteiger partial charge is 0.130 e. The lowest BCUT2D eigenvalue weighted by Crippen LogP contribution is -2.09. The quantitative estimate of drug-likeness (QED) is 0.848. The molecule has 0 fully saturated rings. The molecule has 0 radical (unpaired) electrons. The molecule has 1 aliphatic carbocycles. The highest BCUT2D eigenvalue weighted by Gasteiger charge is 2.20. The van der Waals surface area contributed by atoms with E-state index in [1.54, 1.807) is 14.2 Å². The number of allylic oxidation sites excluding steroid dienone is 1. The molecule has 16 heavy (non-hydrogen) atoms. The van der Waals surface area contributed by atoms with Crippen LogP contribution in [0.5, 0.6) is 11.5 Å². The van der Waals surface area contributed by atoms with Crippen molar-refractivity contribution in [2.24, 2.45) is 0 Å². The zero-order valence-corrected chi connectivity index (χ0v) is 9.56. The SMILES string of the molecule is COc1cc(OC)c2c(c1)[C@@H](CO)CC=C2. The molecule has 0 heterocycles. The molecule has 0 unspecified atom stereocenters. The number of hydrogen-bond donors (Lipinski definition) is 1. The van der Waals surface area contributed by atoms with E-state index >= 15 is 0 Å². The van der Waals surface area contributed by atoms with Gasteiger partial charge in [-0.2, -0.15) is 0 Å². The van der Waals surface area contributed by atoms with Crippen LogP contribution in [-0.4, -0.2) is 25.9 Å². The summed E-state index contributed by atoms with van der Waals surface area (Å²) >= 11 is 0. The molecule has 3 heteroatoms.